The van der Waals surface area contributed by atoms with Crippen molar-refractivity contribution < 1.29 is 4.84 Å². The minimum absolute atomic E-state index is 0.623. The van der Waals surface area contributed by atoms with E-state index in [0.717, 1.165) is 18.6 Å². The van der Waals surface area contributed by atoms with Gasteiger partial charge in [0.15, 0.2) is 0 Å². The van der Waals surface area contributed by atoms with Gasteiger partial charge >= 0.3 is 0 Å². The molecule has 1 saturated carbocycles. The van der Waals surface area contributed by atoms with E-state index in [0.29, 0.717) is 5.41 Å². The average molecular weight is 195 g/mol. The van der Waals surface area contributed by atoms with E-state index in [9.17, 15) is 0 Å². The normalized spacial score (nSPS) is 47.8. The van der Waals surface area contributed by atoms with Crippen molar-refractivity contribution in [3.8, 4) is 0 Å². The van der Waals surface area contributed by atoms with E-state index in [-0.39, 0.29) is 0 Å². The molecule has 1 aliphatic carbocycles. The van der Waals surface area contributed by atoms with Gasteiger partial charge in [-0.2, -0.15) is 5.06 Å². The van der Waals surface area contributed by atoms with Gasteiger partial charge in [-0.3, -0.25) is 4.84 Å². The average Bonchev–Trinajstić information content (AvgIpc) is 2.65. The topological polar surface area (TPSA) is 12.5 Å². The van der Waals surface area contributed by atoms with Crippen LogP contribution in [0.1, 0.15) is 45.4 Å². The first-order valence-corrected chi connectivity index (χ1v) is 6.25. The second kappa shape index (κ2) is 3.21. The third-order valence-corrected chi connectivity index (χ3v) is 4.85. The molecule has 0 bridgehead atoms. The first kappa shape index (κ1) is 9.17. The van der Waals surface area contributed by atoms with Crippen LogP contribution in [-0.4, -0.2) is 24.3 Å². The predicted octanol–water partition coefficient (Wildman–Crippen LogP) is 2.59. The van der Waals surface area contributed by atoms with Crippen LogP contribution in [-0.2, 0) is 4.84 Å². The second-order valence-electron chi connectivity index (χ2n) is 5.35. The molecule has 3 aliphatic rings. The molecule has 2 heterocycles. The molecule has 3 rings (SSSR count). The molecule has 0 spiro atoms. The van der Waals surface area contributed by atoms with Gasteiger partial charge < -0.3 is 0 Å². The Morgan fingerprint density at radius 3 is 3.07 bits per heavy atom. The largest absolute Gasteiger partial charge is 0.298 e. The number of nitrogens with zero attached hydrogens (tertiary/aromatic N) is 1. The van der Waals surface area contributed by atoms with Gasteiger partial charge in [0, 0.05) is 18.5 Å². The maximum Gasteiger partial charge on any atom is 0.0729 e. The SMILES string of the molecule is CC[C@]12CCC[C@H]3CON(CCC1)[C@@H]32. The lowest BCUT2D eigenvalue weighted by Gasteiger charge is -2.50. The minimum Gasteiger partial charge on any atom is -0.298 e. The highest BCUT2D eigenvalue weighted by Crippen LogP contribution is 2.52. The van der Waals surface area contributed by atoms with Crippen molar-refractivity contribution in [3.63, 3.8) is 0 Å². The number of hydrogen-bond donors (Lipinski definition) is 0. The molecule has 0 aromatic carbocycles. The van der Waals surface area contributed by atoms with Crippen molar-refractivity contribution in [1.29, 1.82) is 0 Å². The smallest absolute Gasteiger partial charge is 0.0729 e. The van der Waals surface area contributed by atoms with Gasteiger partial charge in [-0.05, 0) is 37.5 Å². The van der Waals surface area contributed by atoms with Crippen LogP contribution in [0.2, 0.25) is 0 Å². The highest BCUT2D eigenvalue weighted by molar-refractivity contribution is 5.01. The van der Waals surface area contributed by atoms with Crippen LogP contribution in [0.3, 0.4) is 0 Å². The van der Waals surface area contributed by atoms with E-state index in [1.807, 2.05) is 0 Å². The Labute approximate surface area is 86.6 Å². The summed E-state index contributed by atoms with van der Waals surface area (Å²) in [6, 6.07) is 0.773. The van der Waals surface area contributed by atoms with E-state index in [2.05, 4.69) is 12.0 Å². The van der Waals surface area contributed by atoms with Crippen LogP contribution >= 0.6 is 0 Å². The third kappa shape index (κ3) is 1.10. The summed E-state index contributed by atoms with van der Waals surface area (Å²) in [4.78, 5) is 5.83. The Balaban J connectivity index is 1.92. The zero-order valence-electron chi connectivity index (χ0n) is 9.17. The van der Waals surface area contributed by atoms with Crippen molar-refractivity contribution in [1.82, 2.24) is 5.06 Å². The molecule has 0 radical (unpaired) electrons. The lowest BCUT2D eigenvalue weighted by molar-refractivity contribution is -0.180. The summed E-state index contributed by atoms with van der Waals surface area (Å²) in [6.45, 7) is 4.57. The van der Waals surface area contributed by atoms with E-state index in [1.54, 1.807) is 0 Å². The Kier molecular flexibility index (Phi) is 2.10. The van der Waals surface area contributed by atoms with Crippen LogP contribution in [0.15, 0.2) is 0 Å². The molecule has 80 valence electrons. The summed E-state index contributed by atoms with van der Waals surface area (Å²) in [5, 5.41) is 2.33. The lowest BCUT2D eigenvalue weighted by atomic mass is 9.61. The van der Waals surface area contributed by atoms with Gasteiger partial charge in [-0.15, -0.1) is 0 Å². The Bertz CT molecular complexity index is 210. The third-order valence-electron chi connectivity index (χ3n) is 4.85. The Hall–Kier alpha value is -0.0800. The number of piperidine rings is 1. The van der Waals surface area contributed by atoms with Gasteiger partial charge in [0.1, 0.15) is 0 Å². The maximum atomic E-state index is 5.83. The van der Waals surface area contributed by atoms with Crippen LogP contribution < -0.4 is 0 Å². The fourth-order valence-corrected chi connectivity index (χ4v) is 4.14. The fourth-order valence-electron chi connectivity index (χ4n) is 4.14. The molecule has 14 heavy (non-hydrogen) atoms. The summed E-state index contributed by atoms with van der Waals surface area (Å²) in [5.74, 6) is 0.851. The van der Waals surface area contributed by atoms with Gasteiger partial charge in [0.05, 0.1) is 6.61 Å². The van der Waals surface area contributed by atoms with E-state index in [1.165, 1.54) is 45.1 Å². The summed E-state index contributed by atoms with van der Waals surface area (Å²) in [5.41, 5.74) is 0.623. The van der Waals surface area contributed by atoms with Crippen molar-refractivity contribution in [3.05, 3.63) is 0 Å². The molecular weight excluding hydrogens is 174 g/mol. The van der Waals surface area contributed by atoms with Crippen molar-refractivity contribution in [2.75, 3.05) is 13.2 Å². The van der Waals surface area contributed by atoms with Crippen molar-refractivity contribution in [2.45, 2.75) is 51.5 Å². The van der Waals surface area contributed by atoms with Gasteiger partial charge in [-0.25, -0.2) is 0 Å². The molecule has 3 fully saturated rings. The summed E-state index contributed by atoms with van der Waals surface area (Å²) in [6.07, 6.45) is 8.44. The summed E-state index contributed by atoms with van der Waals surface area (Å²) < 4.78 is 0. The summed E-state index contributed by atoms with van der Waals surface area (Å²) in [7, 11) is 0. The fraction of sp³-hybridized carbons (Fsp3) is 1.00. The van der Waals surface area contributed by atoms with Crippen LogP contribution in [0.4, 0.5) is 0 Å². The Morgan fingerprint density at radius 1 is 1.36 bits per heavy atom. The molecular formula is C12H21NO. The molecule has 0 amide bonds. The zero-order valence-corrected chi connectivity index (χ0v) is 9.17. The molecule has 2 aliphatic heterocycles. The molecule has 2 heteroatoms. The zero-order chi connectivity index (χ0) is 9.60. The van der Waals surface area contributed by atoms with E-state index >= 15 is 0 Å². The van der Waals surface area contributed by atoms with Crippen LogP contribution in [0.25, 0.3) is 0 Å². The first-order chi connectivity index (χ1) is 6.86. The summed E-state index contributed by atoms with van der Waals surface area (Å²) >= 11 is 0. The quantitative estimate of drug-likeness (QED) is 0.637. The molecule has 0 unspecified atom stereocenters. The van der Waals surface area contributed by atoms with E-state index in [4.69, 9.17) is 4.84 Å². The molecule has 3 atom stereocenters. The van der Waals surface area contributed by atoms with Crippen LogP contribution in [0, 0.1) is 11.3 Å². The van der Waals surface area contributed by atoms with Crippen molar-refractivity contribution >= 4 is 0 Å². The Morgan fingerprint density at radius 2 is 2.21 bits per heavy atom. The number of rotatable bonds is 1. The molecule has 0 aromatic heterocycles. The van der Waals surface area contributed by atoms with Gasteiger partial charge in [-0.1, -0.05) is 13.3 Å². The standard InChI is InChI=1S/C12H21NO/c1-2-12-6-3-5-10-9-14-13(11(10)12)8-4-7-12/h10-11H,2-9H2,1H3/t10-,11-,12-/m0/s1. The lowest BCUT2D eigenvalue weighted by Crippen LogP contribution is -2.52. The van der Waals surface area contributed by atoms with E-state index < -0.39 is 0 Å². The monoisotopic (exact) mass is 195 g/mol. The van der Waals surface area contributed by atoms with Crippen molar-refractivity contribution in [2.24, 2.45) is 11.3 Å². The number of hydrogen-bond acceptors (Lipinski definition) is 2. The molecule has 2 nitrogen and oxygen atoms in total. The molecule has 0 aromatic rings. The molecule has 0 N–H and O–H groups in total. The second-order valence-corrected chi connectivity index (χ2v) is 5.35. The highest BCUT2D eigenvalue weighted by atomic mass is 16.7. The minimum atomic E-state index is 0.623. The van der Waals surface area contributed by atoms with Gasteiger partial charge in [0.25, 0.3) is 0 Å². The van der Waals surface area contributed by atoms with Crippen LogP contribution in [0.5, 0.6) is 0 Å². The number of hydroxylamine groups is 2. The predicted molar refractivity (Wildman–Crippen MR) is 55.7 cm³/mol. The van der Waals surface area contributed by atoms with Gasteiger partial charge in [0.2, 0.25) is 0 Å². The first-order valence-electron chi connectivity index (χ1n) is 6.25. The molecule has 2 saturated heterocycles. The maximum absolute atomic E-state index is 5.83. The highest BCUT2D eigenvalue weighted by Gasteiger charge is 2.52.